The maximum Gasteiger partial charge on any atom is 0.387 e. The Kier molecular flexibility index (Phi) is 7.12. The smallest absolute Gasteiger partial charge is 0.387 e. The Bertz CT molecular complexity index is 616. The Morgan fingerprint density at radius 2 is 1.96 bits per heavy atom. The summed E-state index contributed by atoms with van der Waals surface area (Å²) >= 11 is 0. The second-order valence-corrected chi connectivity index (χ2v) is 11.8. The SMILES string of the molecule is CC(C)(C)[Si](C)(C)OCC/C=C/c1cccc(OC(F)F)c1C#N. The van der Waals surface area contributed by atoms with Gasteiger partial charge in [-0.3, -0.25) is 0 Å². The fraction of sp³-hybridized carbons (Fsp3) is 0.500. The highest BCUT2D eigenvalue weighted by Gasteiger charge is 2.36. The molecule has 0 heterocycles. The standard InChI is InChI=1S/C18H25F2NO2Si/c1-18(2,3)24(4,5)22-12-7-6-9-14-10-8-11-16(15(14)13-21)23-17(19)20/h6,8-11,17H,7,12H2,1-5H3/b9-6+. The Morgan fingerprint density at radius 1 is 1.29 bits per heavy atom. The molecule has 0 bridgehead atoms. The molecule has 132 valence electrons. The van der Waals surface area contributed by atoms with Crippen molar-refractivity contribution in [1.29, 1.82) is 5.26 Å². The van der Waals surface area contributed by atoms with Crippen LogP contribution in [0.15, 0.2) is 24.3 Å². The van der Waals surface area contributed by atoms with Gasteiger partial charge < -0.3 is 9.16 Å². The number of rotatable bonds is 7. The van der Waals surface area contributed by atoms with E-state index in [0.717, 1.165) is 0 Å². The van der Waals surface area contributed by atoms with E-state index in [4.69, 9.17) is 4.43 Å². The summed E-state index contributed by atoms with van der Waals surface area (Å²) in [6.45, 7) is 8.58. The van der Waals surface area contributed by atoms with Gasteiger partial charge >= 0.3 is 6.61 Å². The molecule has 0 N–H and O–H groups in total. The van der Waals surface area contributed by atoms with Gasteiger partial charge in [0.05, 0.1) is 0 Å². The molecule has 0 radical (unpaired) electrons. The first-order valence-electron chi connectivity index (χ1n) is 7.87. The normalized spacial score (nSPS) is 12.6. The minimum atomic E-state index is -2.95. The van der Waals surface area contributed by atoms with Gasteiger partial charge in [0, 0.05) is 6.61 Å². The zero-order valence-corrected chi connectivity index (χ0v) is 15.9. The summed E-state index contributed by atoms with van der Waals surface area (Å²) in [6, 6.07) is 6.57. The summed E-state index contributed by atoms with van der Waals surface area (Å²) < 4.78 is 35.2. The predicted octanol–water partition coefficient (Wildman–Crippen LogP) is 5.58. The van der Waals surface area contributed by atoms with Crippen LogP contribution >= 0.6 is 0 Å². The van der Waals surface area contributed by atoms with Gasteiger partial charge in [-0.1, -0.05) is 45.1 Å². The monoisotopic (exact) mass is 353 g/mol. The van der Waals surface area contributed by atoms with Crippen LogP contribution in [0.1, 0.15) is 38.3 Å². The van der Waals surface area contributed by atoms with Crippen LogP contribution in [0.3, 0.4) is 0 Å². The number of nitrogens with zero attached hydrogens (tertiary/aromatic N) is 1. The number of halogens is 2. The minimum Gasteiger partial charge on any atom is -0.433 e. The predicted molar refractivity (Wildman–Crippen MR) is 94.6 cm³/mol. The third kappa shape index (κ3) is 5.73. The van der Waals surface area contributed by atoms with Crippen molar-refractivity contribution in [2.75, 3.05) is 6.61 Å². The van der Waals surface area contributed by atoms with E-state index < -0.39 is 14.9 Å². The number of hydrogen-bond acceptors (Lipinski definition) is 3. The third-order valence-electron chi connectivity index (χ3n) is 4.24. The van der Waals surface area contributed by atoms with Gasteiger partial charge in [-0.25, -0.2) is 0 Å². The molecule has 0 aliphatic rings. The minimum absolute atomic E-state index is 0.104. The highest BCUT2D eigenvalue weighted by Crippen LogP contribution is 2.36. The first kappa shape index (κ1) is 20.3. The molecule has 0 aromatic heterocycles. The van der Waals surface area contributed by atoms with Crippen LogP contribution in [0.2, 0.25) is 18.1 Å². The average Bonchev–Trinajstić information content (AvgIpc) is 2.45. The lowest BCUT2D eigenvalue weighted by atomic mass is 10.1. The van der Waals surface area contributed by atoms with Crippen LogP contribution in [-0.2, 0) is 4.43 Å². The molecule has 0 atom stereocenters. The Labute approximate surface area is 144 Å². The summed E-state index contributed by atoms with van der Waals surface area (Å²) in [5.41, 5.74) is 0.669. The van der Waals surface area contributed by atoms with Crippen molar-refractivity contribution in [3.8, 4) is 11.8 Å². The first-order valence-corrected chi connectivity index (χ1v) is 10.8. The molecule has 24 heavy (non-hydrogen) atoms. The topological polar surface area (TPSA) is 42.2 Å². The van der Waals surface area contributed by atoms with Crippen LogP contribution in [0.5, 0.6) is 5.75 Å². The van der Waals surface area contributed by atoms with E-state index in [1.165, 1.54) is 6.07 Å². The van der Waals surface area contributed by atoms with E-state index >= 15 is 0 Å². The lowest BCUT2D eigenvalue weighted by molar-refractivity contribution is -0.0500. The molecular weight excluding hydrogens is 328 g/mol. The van der Waals surface area contributed by atoms with Crippen LogP contribution in [0.25, 0.3) is 6.08 Å². The van der Waals surface area contributed by atoms with Gasteiger partial charge in [-0.05, 0) is 36.2 Å². The summed E-state index contributed by atoms with van der Waals surface area (Å²) in [5.74, 6) is -0.104. The molecule has 0 saturated heterocycles. The summed E-state index contributed by atoms with van der Waals surface area (Å²) in [5, 5.41) is 9.34. The molecule has 0 aliphatic carbocycles. The van der Waals surface area contributed by atoms with Crippen molar-refractivity contribution in [3.63, 3.8) is 0 Å². The lowest BCUT2D eigenvalue weighted by Gasteiger charge is -2.36. The van der Waals surface area contributed by atoms with Gasteiger partial charge in [0.25, 0.3) is 0 Å². The highest BCUT2D eigenvalue weighted by molar-refractivity contribution is 6.74. The molecule has 0 fully saturated rings. The van der Waals surface area contributed by atoms with Crippen molar-refractivity contribution < 1.29 is 17.9 Å². The van der Waals surface area contributed by atoms with E-state index in [1.54, 1.807) is 18.2 Å². The van der Waals surface area contributed by atoms with Crippen LogP contribution < -0.4 is 4.74 Å². The Morgan fingerprint density at radius 3 is 2.50 bits per heavy atom. The van der Waals surface area contributed by atoms with Gasteiger partial charge in [-0.2, -0.15) is 14.0 Å². The molecule has 0 amide bonds. The largest absolute Gasteiger partial charge is 0.433 e. The molecule has 0 unspecified atom stereocenters. The summed E-state index contributed by atoms with van der Waals surface area (Å²) in [7, 11) is -1.77. The van der Waals surface area contributed by atoms with Gasteiger partial charge in [0.1, 0.15) is 17.4 Å². The Balaban J connectivity index is 2.70. The molecule has 1 rings (SSSR count). The van der Waals surface area contributed by atoms with Crippen molar-refractivity contribution >= 4 is 14.4 Å². The fourth-order valence-corrected chi connectivity index (χ4v) is 2.87. The highest BCUT2D eigenvalue weighted by atomic mass is 28.4. The van der Waals surface area contributed by atoms with Gasteiger partial charge in [-0.15, -0.1) is 0 Å². The number of alkyl halides is 2. The zero-order chi connectivity index (χ0) is 18.4. The molecule has 0 aliphatic heterocycles. The van der Waals surface area contributed by atoms with E-state index in [-0.39, 0.29) is 16.4 Å². The molecular formula is C18H25F2NO2Si. The van der Waals surface area contributed by atoms with E-state index in [0.29, 0.717) is 18.6 Å². The summed E-state index contributed by atoms with van der Waals surface area (Å²) in [6.07, 6.45) is 4.32. The van der Waals surface area contributed by atoms with Crippen molar-refractivity contribution in [2.45, 2.75) is 51.9 Å². The molecule has 3 nitrogen and oxygen atoms in total. The van der Waals surface area contributed by atoms with E-state index in [1.807, 2.05) is 12.1 Å². The second-order valence-electron chi connectivity index (χ2n) is 7.01. The molecule has 6 heteroatoms. The molecule has 0 spiro atoms. The third-order valence-corrected chi connectivity index (χ3v) is 8.78. The van der Waals surface area contributed by atoms with Crippen LogP contribution in [0.4, 0.5) is 8.78 Å². The quantitative estimate of drug-likeness (QED) is 0.474. The maximum absolute atomic E-state index is 12.4. The van der Waals surface area contributed by atoms with Crippen molar-refractivity contribution in [2.24, 2.45) is 0 Å². The second kappa shape index (κ2) is 8.40. The molecule has 0 saturated carbocycles. The molecule has 1 aromatic carbocycles. The zero-order valence-electron chi connectivity index (χ0n) is 14.9. The van der Waals surface area contributed by atoms with Crippen molar-refractivity contribution in [1.82, 2.24) is 0 Å². The number of hydrogen-bond donors (Lipinski definition) is 0. The van der Waals surface area contributed by atoms with E-state index in [2.05, 4.69) is 38.6 Å². The van der Waals surface area contributed by atoms with Crippen LogP contribution in [0, 0.1) is 11.3 Å². The Hall–Kier alpha value is -1.71. The van der Waals surface area contributed by atoms with Crippen molar-refractivity contribution in [3.05, 3.63) is 35.4 Å². The van der Waals surface area contributed by atoms with E-state index in [9.17, 15) is 14.0 Å². The van der Waals surface area contributed by atoms with Gasteiger partial charge in [0.2, 0.25) is 0 Å². The maximum atomic E-state index is 12.4. The summed E-state index contributed by atoms with van der Waals surface area (Å²) in [4.78, 5) is 0. The first-order chi connectivity index (χ1) is 11.1. The number of nitriles is 1. The average molecular weight is 353 g/mol. The molecule has 1 aromatic rings. The number of benzene rings is 1. The van der Waals surface area contributed by atoms with Crippen LogP contribution in [-0.4, -0.2) is 21.5 Å². The van der Waals surface area contributed by atoms with Gasteiger partial charge in [0.15, 0.2) is 8.32 Å². The lowest BCUT2D eigenvalue weighted by Crippen LogP contribution is -2.40. The number of ether oxygens (including phenoxy) is 1. The fourth-order valence-electron chi connectivity index (χ4n) is 1.81.